The van der Waals surface area contributed by atoms with Crippen LogP contribution in [-0.4, -0.2) is 22.0 Å². The number of halogens is 1. The van der Waals surface area contributed by atoms with E-state index in [1.807, 2.05) is 16.8 Å². The maximum Gasteiger partial charge on any atom is 0.262 e. The van der Waals surface area contributed by atoms with Gasteiger partial charge >= 0.3 is 0 Å². The van der Waals surface area contributed by atoms with Gasteiger partial charge in [0.15, 0.2) is 0 Å². The number of carbonyl (C=O) groups is 1. The zero-order chi connectivity index (χ0) is 16.2. The minimum absolute atomic E-state index is 0.0973. The average Bonchev–Trinajstić information content (AvgIpc) is 3.19. The van der Waals surface area contributed by atoms with E-state index in [-0.39, 0.29) is 5.91 Å². The Morgan fingerprint density at radius 3 is 3.04 bits per heavy atom. The number of thiophene rings is 1. The zero-order valence-electron chi connectivity index (χ0n) is 12.9. The van der Waals surface area contributed by atoms with Crippen LogP contribution in [0.25, 0.3) is 10.1 Å². The maximum atomic E-state index is 12.3. The number of benzene rings is 1. The van der Waals surface area contributed by atoms with Crippen LogP contribution in [-0.2, 0) is 13.0 Å². The van der Waals surface area contributed by atoms with Crippen LogP contribution in [0.5, 0.6) is 0 Å². The Morgan fingerprint density at radius 2 is 2.30 bits per heavy atom. The predicted molar refractivity (Wildman–Crippen MR) is 95.4 cm³/mol. The number of rotatable bonds is 6. The highest BCUT2D eigenvalue weighted by molar-refractivity contribution is 7.21. The van der Waals surface area contributed by atoms with Gasteiger partial charge in [0.1, 0.15) is 4.88 Å². The fourth-order valence-electron chi connectivity index (χ4n) is 2.44. The van der Waals surface area contributed by atoms with Gasteiger partial charge in [0.05, 0.1) is 11.3 Å². The Hall–Kier alpha value is -1.85. The van der Waals surface area contributed by atoms with Crippen molar-refractivity contribution in [2.24, 2.45) is 0 Å². The fourth-order valence-corrected chi connectivity index (χ4v) is 3.94. The number of nitrogens with one attached hydrogen (secondary N) is 1. The largest absolute Gasteiger partial charge is 0.351 e. The van der Waals surface area contributed by atoms with Crippen molar-refractivity contribution in [3.8, 4) is 0 Å². The van der Waals surface area contributed by atoms with Crippen LogP contribution in [0.3, 0.4) is 0 Å². The third-order valence-corrected chi connectivity index (χ3v) is 5.40. The lowest BCUT2D eigenvalue weighted by Crippen LogP contribution is -2.24. The van der Waals surface area contributed by atoms with E-state index in [2.05, 4.69) is 29.4 Å². The lowest BCUT2D eigenvalue weighted by Gasteiger charge is -2.04. The summed E-state index contributed by atoms with van der Waals surface area (Å²) in [5, 5.41) is 4.46. The number of aromatic nitrogens is 2. The summed E-state index contributed by atoms with van der Waals surface area (Å²) in [6, 6.07) is 6.18. The van der Waals surface area contributed by atoms with Crippen LogP contribution in [0.4, 0.5) is 0 Å². The van der Waals surface area contributed by atoms with E-state index in [1.165, 1.54) is 16.9 Å². The normalized spacial score (nSPS) is 11.0. The molecule has 1 N–H and O–H groups in total. The molecule has 0 atom stereocenters. The predicted octanol–water partition coefficient (Wildman–Crippen LogP) is 4.13. The second-order valence-electron chi connectivity index (χ2n) is 5.34. The smallest absolute Gasteiger partial charge is 0.262 e. The van der Waals surface area contributed by atoms with Gasteiger partial charge in [-0.2, -0.15) is 0 Å². The molecule has 23 heavy (non-hydrogen) atoms. The third kappa shape index (κ3) is 3.57. The minimum atomic E-state index is -0.0973. The van der Waals surface area contributed by atoms with Crippen LogP contribution < -0.4 is 5.32 Å². The van der Waals surface area contributed by atoms with Gasteiger partial charge in [0, 0.05) is 35.6 Å². The second-order valence-corrected chi connectivity index (χ2v) is 6.77. The van der Waals surface area contributed by atoms with Gasteiger partial charge in [-0.05, 0) is 24.5 Å². The first-order valence-electron chi connectivity index (χ1n) is 7.64. The molecule has 0 unspecified atom stereocenters. The molecule has 0 saturated carbocycles. The molecule has 0 radical (unpaired) electrons. The standard InChI is InChI=1S/C17H18ClN3OS/c1-2-12-4-5-13-14(10-12)23-16(15(13)18)17(22)20-6-3-8-21-9-7-19-11-21/h4-5,7,9-11H,2-3,6,8H2,1H3,(H,20,22). The van der Waals surface area contributed by atoms with Crippen molar-refractivity contribution in [3.05, 3.63) is 52.4 Å². The Labute approximate surface area is 144 Å². The molecular weight excluding hydrogens is 330 g/mol. The summed E-state index contributed by atoms with van der Waals surface area (Å²) in [4.78, 5) is 16.9. The van der Waals surface area contributed by atoms with Crippen molar-refractivity contribution < 1.29 is 4.79 Å². The molecule has 0 bridgehead atoms. The summed E-state index contributed by atoms with van der Waals surface area (Å²) in [6.07, 6.45) is 7.26. The van der Waals surface area contributed by atoms with Gasteiger partial charge in [0.2, 0.25) is 0 Å². The number of amides is 1. The second kappa shape index (κ2) is 7.15. The van der Waals surface area contributed by atoms with Crippen LogP contribution in [0.1, 0.15) is 28.6 Å². The van der Waals surface area contributed by atoms with Gasteiger partial charge in [0.25, 0.3) is 5.91 Å². The van der Waals surface area contributed by atoms with Crippen molar-refractivity contribution in [1.29, 1.82) is 0 Å². The van der Waals surface area contributed by atoms with Crippen molar-refractivity contribution in [2.75, 3.05) is 6.54 Å². The Kier molecular flexibility index (Phi) is 4.98. The number of imidazole rings is 1. The summed E-state index contributed by atoms with van der Waals surface area (Å²) < 4.78 is 3.06. The molecule has 120 valence electrons. The lowest BCUT2D eigenvalue weighted by molar-refractivity contribution is 0.0957. The molecule has 2 aromatic heterocycles. The Balaban J connectivity index is 1.64. The van der Waals surface area contributed by atoms with E-state index in [0.29, 0.717) is 16.4 Å². The molecule has 4 nitrogen and oxygen atoms in total. The minimum Gasteiger partial charge on any atom is -0.351 e. The van der Waals surface area contributed by atoms with Crippen molar-refractivity contribution >= 4 is 38.9 Å². The van der Waals surface area contributed by atoms with E-state index < -0.39 is 0 Å². The first kappa shape index (κ1) is 16.0. The van der Waals surface area contributed by atoms with Crippen LogP contribution >= 0.6 is 22.9 Å². The molecule has 1 amide bonds. The first-order chi connectivity index (χ1) is 11.2. The third-order valence-electron chi connectivity index (χ3n) is 3.75. The summed E-state index contributed by atoms with van der Waals surface area (Å²) in [7, 11) is 0. The number of aryl methyl sites for hydroxylation is 2. The number of fused-ring (bicyclic) bond motifs is 1. The highest BCUT2D eigenvalue weighted by atomic mass is 35.5. The Bertz CT molecular complexity index is 811. The average molecular weight is 348 g/mol. The summed E-state index contributed by atoms with van der Waals surface area (Å²) >= 11 is 7.84. The summed E-state index contributed by atoms with van der Waals surface area (Å²) in [5.74, 6) is -0.0973. The molecule has 0 saturated heterocycles. The summed E-state index contributed by atoms with van der Waals surface area (Å²) in [6.45, 7) is 3.56. The highest BCUT2D eigenvalue weighted by Gasteiger charge is 2.16. The maximum absolute atomic E-state index is 12.3. The van der Waals surface area contributed by atoms with E-state index in [0.717, 1.165) is 29.5 Å². The fraction of sp³-hybridized carbons (Fsp3) is 0.294. The molecule has 3 aromatic rings. The number of hydrogen-bond acceptors (Lipinski definition) is 3. The molecular formula is C17H18ClN3OS. The van der Waals surface area contributed by atoms with E-state index in [4.69, 9.17) is 11.6 Å². The van der Waals surface area contributed by atoms with Crippen molar-refractivity contribution in [2.45, 2.75) is 26.3 Å². The molecule has 0 fully saturated rings. The van der Waals surface area contributed by atoms with Crippen LogP contribution in [0, 0.1) is 0 Å². The lowest BCUT2D eigenvalue weighted by atomic mass is 10.1. The van der Waals surface area contributed by atoms with E-state index >= 15 is 0 Å². The Morgan fingerprint density at radius 1 is 1.43 bits per heavy atom. The van der Waals surface area contributed by atoms with Gasteiger partial charge in [-0.25, -0.2) is 4.98 Å². The summed E-state index contributed by atoms with van der Waals surface area (Å²) in [5.41, 5.74) is 1.25. The topological polar surface area (TPSA) is 46.9 Å². The van der Waals surface area contributed by atoms with Gasteiger partial charge in [-0.15, -0.1) is 11.3 Å². The molecule has 3 rings (SSSR count). The van der Waals surface area contributed by atoms with E-state index in [1.54, 1.807) is 12.5 Å². The molecule has 0 aliphatic rings. The molecule has 0 spiro atoms. The number of hydrogen-bond donors (Lipinski definition) is 1. The first-order valence-corrected chi connectivity index (χ1v) is 8.83. The molecule has 0 aliphatic heterocycles. The van der Waals surface area contributed by atoms with Crippen LogP contribution in [0.2, 0.25) is 5.02 Å². The molecule has 6 heteroatoms. The van der Waals surface area contributed by atoms with Crippen molar-refractivity contribution in [1.82, 2.24) is 14.9 Å². The quantitative estimate of drug-likeness (QED) is 0.681. The van der Waals surface area contributed by atoms with Gasteiger partial charge < -0.3 is 9.88 Å². The van der Waals surface area contributed by atoms with Crippen molar-refractivity contribution in [3.63, 3.8) is 0 Å². The molecule has 1 aromatic carbocycles. The van der Waals surface area contributed by atoms with Gasteiger partial charge in [-0.1, -0.05) is 30.7 Å². The molecule has 0 aliphatic carbocycles. The van der Waals surface area contributed by atoms with E-state index in [9.17, 15) is 4.79 Å². The molecule has 2 heterocycles. The zero-order valence-corrected chi connectivity index (χ0v) is 14.5. The highest BCUT2D eigenvalue weighted by Crippen LogP contribution is 2.35. The number of nitrogens with zero attached hydrogens (tertiary/aromatic N) is 2. The monoisotopic (exact) mass is 347 g/mol. The van der Waals surface area contributed by atoms with Gasteiger partial charge in [-0.3, -0.25) is 4.79 Å². The number of carbonyl (C=O) groups excluding carboxylic acids is 1. The van der Waals surface area contributed by atoms with Crippen LogP contribution in [0.15, 0.2) is 36.9 Å². The SMILES string of the molecule is CCc1ccc2c(Cl)c(C(=O)NCCCn3ccnc3)sc2c1.